The Labute approximate surface area is 111 Å². The molecule has 0 unspecified atom stereocenters. The topological polar surface area (TPSA) is 0 Å². The van der Waals surface area contributed by atoms with Gasteiger partial charge in [0.05, 0.1) is 0 Å². The van der Waals surface area contributed by atoms with Gasteiger partial charge < -0.3 is 0 Å². The van der Waals surface area contributed by atoms with Gasteiger partial charge in [-0.15, -0.1) is 0 Å². The Morgan fingerprint density at radius 3 is 2.28 bits per heavy atom. The number of rotatable bonds is 4. The van der Waals surface area contributed by atoms with Crippen LogP contribution < -0.4 is 0 Å². The summed E-state index contributed by atoms with van der Waals surface area (Å²) >= 11 is 0. The van der Waals surface area contributed by atoms with Gasteiger partial charge in [-0.2, -0.15) is 0 Å². The van der Waals surface area contributed by atoms with Crippen molar-refractivity contribution in [2.45, 2.75) is 27.7 Å². The Balaban J connectivity index is 3.31. The maximum Gasteiger partial charge on any atom is -0.0152 e. The number of aryl methyl sites for hydroxylation is 1. The van der Waals surface area contributed by atoms with E-state index in [1.54, 1.807) is 0 Å². The van der Waals surface area contributed by atoms with Crippen LogP contribution in [0, 0.1) is 6.92 Å². The summed E-state index contributed by atoms with van der Waals surface area (Å²) in [6.45, 7) is 12.3. The molecule has 0 heteroatoms. The first kappa shape index (κ1) is 14.2. The van der Waals surface area contributed by atoms with Crippen molar-refractivity contribution in [1.29, 1.82) is 0 Å². The van der Waals surface area contributed by atoms with E-state index in [9.17, 15) is 0 Å². The van der Waals surface area contributed by atoms with Crippen molar-refractivity contribution in [3.8, 4) is 0 Å². The Bertz CT molecular complexity index is 511. The summed E-state index contributed by atoms with van der Waals surface area (Å²) in [6.07, 6.45) is 8.36. The smallest absolute Gasteiger partial charge is 0.0152 e. The summed E-state index contributed by atoms with van der Waals surface area (Å²) in [7, 11) is 0. The maximum absolute atomic E-state index is 3.94. The lowest BCUT2D eigenvalue weighted by atomic mass is 9.93. The zero-order valence-corrected chi connectivity index (χ0v) is 11.8. The zero-order valence-electron chi connectivity index (χ0n) is 11.8. The summed E-state index contributed by atoms with van der Waals surface area (Å²) in [5.74, 6) is 0. The van der Waals surface area contributed by atoms with Crippen molar-refractivity contribution in [2.24, 2.45) is 0 Å². The van der Waals surface area contributed by atoms with Crippen LogP contribution in [0.15, 0.2) is 66.3 Å². The lowest BCUT2D eigenvalue weighted by molar-refractivity contribution is 1.40. The third-order valence-corrected chi connectivity index (χ3v) is 3.09. The number of hydrogen-bond donors (Lipinski definition) is 0. The molecule has 0 heterocycles. The van der Waals surface area contributed by atoms with E-state index < -0.39 is 0 Å². The van der Waals surface area contributed by atoms with E-state index in [0.29, 0.717) is 0 Å². The van der Waals surface area contributed by atoms with Gasteiger partial charge in [-0.3, -0.25) is 0 Å². The highest BCUT2D eigenvalue weighted by Crippen LogP contribution is 2.27. The highest BCUT2D eigenvalue weighted by molar-refractivity contribution is 5.83. The highest BCUT2D eigenvalue weighted by atomic mass is 14.1. The molecule has 1 aromatic carbocycles. The van der Waals surface area contributed by atoms with Crippen molar-refractivity contribution in [3.05, 3.63) is 77.4 Å². The first-order valence-electron chi connectivity index (χ1n) is 6.33. The van der Waals surface area contributed by atoms with Crippen LogP contribution in [0.3, 0.4) is 0 Å². The third-order valence-electron chi connectivity index (χ3n) is 3.09. The molecule has 0 fully saturated rings. The van der Waals surface area contributed by atoms with Crippen LogP contribution in [0.25, 0.3) is 5.57 Å². The van der Waals surface area contributed by atoms with E-state index in [2.05, 4.69) is 76.8 Å². The fourth-order valence-electron chi connectivity index (χ4n) is 1.93. The molecule has 0 aliphatic heterocycles. The van der Waals surface area contributed by atoms with Crippen molar-refractivity contribution in [2.75, 3.05) is 0 Å². The summed E-state index contributed by atoms with van der Waals surface area (Å²) in [5.41, 5.74) is 6.22. The molecule has 0 N–H and O–H groups in total. The minimum absolute atomic E-state index is 1.17. The molecule has 0 aliphatic rings. The standard InChI is InChI=1S/C18H22/c1-6-14(4)13-16(7-2)17(8-3)18-12-10-9-11-15(18)5/h6-13H,2H2,1,3-5H3/b14-6-,16-13-,17-8+. The normalized spacial score (nSPS) is 13.7. The molecule has 0 radical (unpaired) electrons. The summed E-state index contributed by atoms with van der Waals surface area (Å²) in [5, 5.41) is 0. The minimum atomic E-state index is 1.17. The van der Waals surface area contributed by atoms with Crippen molar-refractivity contribution < 1.29 is 0 Å². The van der Waals surface area contributed by atoms with Crippen LogP contribution in [0.1, 0.15) is 31.9 Å². The minimum Gasteiger partial charge on any atom is -0.0984 e. The second-order valence-corrected chi connectivity index (χ2v) is 4.35. The highest BCUT2D eigenvalue weighted by Gasteiger charge is 2.06. The van der Waals surface area contributed by atoms with Gasteiger partial charge in [0.1, 0.15) is 0 Å². The average Bonchev–Trinajstić information content (AvgIpc) is 2.40. The molecule has 94 valence electrons. The van der Waals surface area contributed by atoms with E-state index in [1.807, 2.05) is 6.08 Å². The van der Waals surface area contributed by atoms with Gasteiger partial charge in [-0.05, 0) is 50.0 Å². The number of allylic oxidation sites excluding steroid dienone is 7. The summed E-state index contributed by atoms with van der Waals surface area (Å²) in [4.78, 5) is 0. The maximum atomic E-state index is 3.94. The van der Waals surface area contributed by atoms with Crippen LogP contribution in [0.2, 0.25) is 0 Å². The molecular weight excluding hydrogens is 216 g/mol. The Hall–Kier alpha value is -1.82. The van der Waals surface area contributed by atoms with Gasteiger partial charge >= 0.3 is 0 Å². The molecule has 0 amide bonds. The van der Waals surface area contributed by atoms with Crippen molar-refractivity contribution in [1.82, 2.24) is 0 Å². The third kappa shape index (κ3) is 3.33. The molecular formula is C18H22. The fourth-order valence-corrected chi connectivity index (χ4v) is 1.93. The molecule has 0 nitrogen and oxygen atoms in total. The molecule has 0 aliphatic carbocycles. The van der Waals surface area contributed by atoms with E-state index in [1.165, 1.54) is 27.8 Å². The monoisotopic (exact) mass is 238 g/mol. The van der Waals surface area contributed by atoms with E-state index in [4.69, 9.17) is 0 Å². The van der Waals surface area contributed by atoms with Crippen LogP contribution in [-0.4, -0.2) is 0 Å². The van der Waals surface area contributed by atoms with Crippen LogP contribution in [0.5, 0.6) is 0 Å². The lowest BCUT2D eigenvalue weighted by Crippen LogP contribution is -1.91. The Kier molecular flexibility index (Phi) is 5.38. The second kappa shape index (κ2) is 6.80. The average molecular weight is 238 g/mol. The quantitative estimate of drug-likeness (QED) is 0.609. The molecule has 18 heavy (non-hydrogen) atoms. The summed E-state index contributed by atoms with van der Waals surface area (Å²) < 4.78 is 0. The van der Waals surface area contributed by atoms with E-state index in [-0.39, 0.29) is 0 Å². The largest absolute Gasteiger partial charge is 0.0984 e. The SMILES string of the molecule is C=CC(=C/C(C)=C\C)/C(=C\C)c1ccccc1C. The van der Waals surface area contributed by atoms with Crippen molar-refractivity contribution >= 4 is 5.57 Å². The first-order chi connectivity index (χ1) is 8.63. The summed E-state index contributed by atoms with van der Waals surface area (Å²) in [6, 6.07) is 8.45. The lowest BCUT2D eigenvalue weighted by Gasteiger charge is -2.12. The predicted octanol–water partition coefficient (Wildman–Crippen LogP) is 5.48. The molecule has 1 rings (SSSR count). The molecule has 0 saturated heterocycles. The molecule has 0 spiro atoms. The molecule has 1 aromatic rings. The molecule has 0 saturated carbocycles. The van der Waals surface area contributed by atoms with Gasteiger partial charge in [0.2, 0.25) is 0 Å². The molecule has 0 aromatic heterocycles. The first-order valence-corrected chi connectivity index (χ1v) is 6.33. The van der Waals surface area contributed by atoms with Crippen LogP contribution in [0.4, 0.5) is 0 Å². The van der Waals surface area contributed by atoms with Gasteiger partial charge in [0.25, 0.3) is 0 Å². The van der Waals surface area contributed by atoms with Gasteiger partial charge in [0, 0.05) is 0 Å². The number of hydrogen-bond acceptors (Lipinski definition) is 0. The fraction of sp³-hybridized carbons (Fsp3) is 0.222. The predicted molar refractivity (Wildman–Crippen MR) is 82.5 cm³/mol. The van der Waals surface area contributed by atoms with Crippen molar-refractivity contribution in [3.63, 3.8) is 0 Å². The van der Waals surface area contributed by atoms with E-state index in [0.717, 1.165) is 0 Å². The number of benzene rings is 1. The van der Waals surface area contributed by atoms with Crippen LogP contribution in [-0.2, 0) is 0 Å². The van der Waals surface area contributed by atoms with Gasteiger partial charge in [-0.1, -0.05) is 60.7 Å². The van der Waals surface area contributed by atoms with Gasteiger partial charge in [0.15, 0.2) is 0 Å². The zero-order chi connectivity index (χ0) is 13.5. The molecule has 0 bridgehead atoms. The second-order valence-electron chi connectivity index (χ2n) is 4.35. The Morgan fingerprint density at radius 2 is 1.78 bits per heavy atom. The van der Waals surface area contributed by atoms with Gasteiger partial charge in [-0.25, -0.2) is 0 Å². The van der Waals surface area contributed by atoms with Crippen LogP contribution >= 0.6 is 0 Å². The van der Waals surface area contributed by atoms with E-state index >= 15 is 0 Å². The molecule has 0 atom stereocenters. The Morgan fingerprint density at radius 1 is 1.11 bits per heavy atom.